The summed E-state index contributed by atoms with van der Waals surface area (Å²) in [6.45, 7) is 15.6. The van der Waals surface area contributed by atoms with E-state index in [2.05, 4.69) is 56.1 Å². The minimum Gasteiger partial charge on any atom is -0.314 e. The largest absolute Gasteiger partial charge is 0.314 e. The Bertz CT molecular complexity index is 559. The molecule has 2 nitrogen and oxygen atoms in total. The molecule has 0 spiro atoms. The summed E-state index contributed by atoms with van der Waals surface area (Å²) in [7, 11) is 0. The third-order valence-corrected chi connectivity index (χ3v) is 6.33. The quantitative estimate of drug-likeness (QED) is 0.793. The van der Waals surface area contributed by atoms with Crippen LogP contribution in [0.25, 0.3) is 0 Å². The molecule has 1 aromatic rings. The Hall–Kier alpha value is -0.570. The van der Waals surface area contributed by atoms with Gasteiger partial charge in [-0.3, -0.25) is 0 Å². The van der Waals surface area contributed by atoms with Crippen LogP contribution < -0.4 is 5.32 Å². The van der Waals surface area contributed by atoms with Crippen molar-refractivity contribution < 1.29 is 0 Å². The normalized spacial score (nSPS) is 25.6. The van der Waals surface area contributed by atoms with Crippen LogP contribution in [0.5, 0.6) is 0 Å². The highest BCUT2D eigenvalue weighted by Crippen LogP contribution is 2.52. The van der Waals surface area contributed by atoms with Gasteiger partial charge in [-0.15, -0.1) is 0 Å². The van der Waals surface area contributed by atoms with Gasteiger partial charge in [0.15, 0.2) is 0 Å². The molecular formula is C22H35ClN2. The number of halogens is 1. The first-order valence-electron chi connectivity index (χ1n) is 9.93. The second-order valence-electron chi connectivity index (χ2n) is 9.89. The number of hydrogen-bond acceptors (Lipinski definition) is 2. The van der Waals surface area contributed by atoms with Crippen LogP contribution in [0.1, 0.15) is 58.4 Å². The maximum Gasteiger partial charge on any atom is 0.0408 e. The number of hydrogen-bond donors (Lipinski definition) is 1. The van der Waals surface area contributed by atoms with Crippen LogP contribution in [0.3, 0.4) is 0 Å². The molecular weight excluding hydrogens is 328 g/mol. The van der Waals surface area contributed by atoms with Gasteiger partial charge in [-0.05, 0) is 59.6 Å². The lowest BCUT2D eigenvalue weighted by Crippen LogP contribution is -2.46. The van der Waals surface area contributed by atoms with Crippen molar-refractivity contribution in [2.45, 2.75) is 52.9 Å². The van der Waals surface area contributed by atoms with Crippen molar-refractivity contribution in [1.29, 1.82) is 0 Å². The van der Waals surface area contributed by atoms with E-state index in [4.69, 9.17) is 11.6 Å². The van der Waals surface area contributed by atoms with Crippen molar-refractivity contribution in [3.63, 3.8) is 0 Å². The van der Waals surface area contributed by atoms with Gasteiger partial charge in [0, 0.05) is 37.7 Å². The molecule has 0 bridgehead atoms. The predicted octanol–water partition coefficient (Wildman–Crippen LogP) is 5.18. The minimum absolute atomic E-state index is 0.423. The number of nitrogens with one attached hydrogen (secondary N) is 1. The zero-order chi connectivity index (χ0) is 18.1. The number of benzene rings is 1. The van der Waals surface area contributed by atoms with Crippen molar-refractivity contribution in [3.05, 3.63) is 34.9 Å². The highest BCUT2D eigenvalue weighted by molar-refractivity contribution is 6.30. The number of nitrogens with zero attached hydrogens (tertiary/aromatic N) is 1. The average molecular weight is 363 g/mol. The summed E-state index contributed by atoms with van der Waals surface area (Å²) in [6.07, 6.45) is 3.96. The Labute approximate surface area is 159 Å². The number of rotatable bonds is 4. The maximum absolute atomic E-state index is 6.36. The molecule has 3 heteroatoms. The Morgan fingerprint density at radius 1 is 1.12 bits per heavy atom. The van der Waals surface area contributed by atoms with Gasteiger partial charge in [0.1, 0.15) is 0 Å². The average Bonchev–Trinajstić information content (AvgIpc) is 2.50. The van der Waals surface area contributed by atoms with Crippen molar-refractivity contribution in [3.8, 4) is 0 Å². The van der Waals surface area contributed by atoms with E-state index in [-0.39, 0.29) is 0 Å². The minimum atomic E-state index is 0.423. The fraction of sp³-hybridized carbons (Fsp3) is 0.727. The summed E-state index contributed by atoms with van der Waals surface area (Å²) < 4.78 is 0. The SMILES string of the molecule is CC1(C)CC(C(CN2CCNCC2)c2cccc(Cl)c2)CC(C)(C)C1. The molecule has 3 rings (SSSR count). The van der Waals surface area contributed by atoms with E-state index in [1.807, 2.05) is 6.07 Å². The summed E-state index contributed by atoms with van der Waals surface area (Å²) in [5, 5.41) is 4.35. The highest BCUT2D eigenvalue weighted by atomic mass is 35.5. The van der Waals surface area contributed by atoms with E-state index in [0.717, 1.165) is 37.1 Å². The fourth-order valence-electron chi connectivity index (χ4n) is 5.65. The van der Waals surface area contributed by atoms with Crippen molar-refractivity contribution in [2.24, 2.45) is 16.7 Å². The molecule has 0 amide bonds. The highest BCUT2D eigenvalue weighted by Gasteiger charge is 2.41. The molecule has 1 atom stereocenters. The Morgan fingerprint density at radius 2 is 1.76 bits per heavy atom. The van der Waals surface area contributed by atoms with Gasteiger partial charge in [-0.25, -0.2) is 0 Å². The van der Waals surface area contributed by atoms with Gasteiger partial charge >= 0.3 is 0 Å². The molecule has 25 heavy (non-hydrogen) atoms. The molecule has 1 aromatic carbocycles. The monoisotopic (exact) mass is 362 g/mol. The van der Waals surface area contributed by atoms with E-state index in [0.29, 0.717) is 16.7 Å². The molecule has 1 N–H and O–H groups in total. The maximum atomic E-state index is 6.36. The van der Waals surface area contributed by atoms with E-state index in [9.17, 15) is 0 Å². The van der Waals surface area contributed by atoms with Crippen molar-refractivity contribution >= 4 is 11.6 Å². The molecule has 1 aliphatic carbocycles. The van der Waals surface area contributed by atoms with E-state index in [1.165, 1.54) is 31.4 Å². The number of piperazine rings is 1. The van der Waals surface area contributed by atoms with Crippen LogP contribution in [0.15, 0.2) is 24.3 Å². The third-order valence-electron chi connectivity index (χ3n) is 6.10. The molecule has 1 unspecified atom stereocenters. The van der Waals surface area contributed by atoms with Crippen LogP contribution in [0.4, 0.5) is 0 Å². The molecule has 1 saturated carbocycles. The second-order valence-corrected chi connectivity index (χ2v) is 10.3. The van der Waals surface area contributed by atoms with Gasteiger partial charge in [0.25, 0.3) is 0 Å². The lowest BCUT2D eigenvalue weighted by molar-refractivity contribution is 0.0464. The molecule has 2 fully saturated rings. The zero-order valence-corrected chi connectivity index (χ0v) is 17.2. The Kier molecular flexibility index (Phi) is 5.82. The van der Waals surface area contributed by atoms with Crippen molar-refractivity contribution in [2.75, 3.05) is 32.7 Å². The Balaban J connectivity index is 1.87. The molecule has 2 aliphatic rings. The molecule has 0 radical (unpaired) electrons. The van der Waals surface area contributed by atoms with Crippen LogP contribution >= 0.6 is 11.6 Å². The first-order valence-corrected chi connectivity index (χ1v) is 10.3. The molecule has 140 valence electrons. The first kappa shape index (κ1) is 19.2. The van der Waals surface area contributed by atoms with Gasteiger partial charge < -0.3 is 10.2 Å². The predicted molar refractivity (Wildman–Crippen MR) is 108 cm³/mol. The summed E-state index contributed by atoms with van der Waals surface area (Å²) in [4.78, 5) is 2.65. The van der Waals surface area contributed by atoms with Crippen molar-refractivity contribution in [1.82, 2.24) is 10.2 Å². The topological polar surface area (TPSA) is 15.3 Å². The van der Waals surface area contributed by atoms with Crippen LogP contribution in [-0.2, 0) is 0 Å². The summed E-state index contributed by atoms with van der Waals surface area (Å²) in [5.41, 5.74) is 2.28. The van der Waals surface area contributed by atoms with E-state index >= 15 is 0 Å². The smallest absolute Gasteiger partial charge is 0.0408 e. The first-order chi connectivity index (χ1) is 11.7. The van der Waals surface area contributed by atoms with E-state index < -0.39 is 0 Å². The lowest BCUT2D eigenvalue weighted by atomic mass is 9.58. The molecule has 1 heterocycles. The fourth-order valence-corrected chi connectivity index (χ4v) is 5.85. The van der Waals surface area contributed by atoms with Gasteiger partial charge in [-0.1, -0.05) is 51.4 Å². The van der Waals surface area contributed by atoms with Crippen LogP contribution in [-0.4, -0.2) is 37.6 Å². The summed E-state index contributed by atoms with van der Waals surface area (Å²) in [6, 6.07) is 8.64. The zero-order valence-electron chi connectivity index (χ0n) is 16.4. The van der Waals surface area contributed by atoms with Gasteiger partial charge in [0.05, 0.1) is 0 Å². The molecule has 1 saturated heterocycles. The van der Waals surface area contributed by atoms with E-state index in [1.54, 1.807) is 0 Å². The lowest BCUT2D eigenvalue weighted by Gasteiger charge is -2.48. The summed E-state index contributed by atoms with van der Waals surface area (Å²) in [5.74, 6) is 1.31. The van der Waals surface area contributed by atoms with Gasteiger partial charge in [0.2, 0.25) is 0 Å². The standard InChI is InChI=1S/C22H35ClN2/c1-21(2)13-18(14-22(3,4)16-21)20(15-25-10-8-24-9-11-25)17-6-5-7-19(23)12-17/h5-7,12,18,20,24H,8-11,13-16H2,1-4H3. The molecule has 1 aliphatic heterocycles. The van der Waals surface area contributed by atoms with Gasteiger partial charge in [-0.2, -0.15) is 0 Å². The third kappa shape index (κ3) is 5.21. The second kappa shape index (κ2) is 7.58. The van der Waals surface area contributed by atoms with Crippen LogP contribution in [0, 0.1) is 16.7 Å². The van der Waals surface area contributed by atoms with Crippen LogP contribution in [0.2, 0.25) is 5.02 Å². The summed E-state index contributed by atoms with van der Waals surface area (Å²) >= 11 is 6.36. The molecule has 0 aromatic heterocycles. The Morgan fingerprint density at radius 3 is 2.36 bits per heavy atom.